The summed E-state index contributed by atoms with van der Waals surface area (Å²) in [5.74, 6) is 1.59. The second kappa shape index (κ2) is 6.42. The van der Waals surface area contributed by atoms with Gasteiger partial charge in [0.1, 0.15) is 5.82 Å². The van der Waals surface area contributed by atoms with Crippen molar-refractivity contribution in [3.05, 3.63) is 12.3 Å². The van der Waals surface area contributed by atoms with Crippen molar-refractivity contribution in [2.45, 2.75) is 52.5 Å². The Morgan fingerprint density at radius 3 is 2.29 bits per heavy atom. The maximum Gasteiger partial charge on any atom is 0.224 e. The third kappa shape index (κ3) is 3.58. The largest absolute Gasteiger partial charge is 0.365 e. The lowest BCUT2D eigenvalue weighted by molar-refractivity contribution is 0.419. The van der Waals surface area contributed by atoms with Crippen LogP contribution in [0.3, 0.4) is 0 Å². The van der Waals surface area contributed by atoms with Crippen LogP contribution in [-0.4, -0.2) is 22.1 Å². The van der Waals surface area contributed by atoms with Crippen molar-refractivity contribution in [2.75, 3.05) is 17.2 Å². The predicted molar refractivity (Wildman–Crippen MR) is 73.4 cm³/mol. The van der Waals surface area contributed by atoms with Gasteiger partial charge in [-0.15, -0.1) is 0 Å². The topological polar surface area (TPSA) is 49.8 Å². The average Bonchev–Trinajstić information content (AvgIpc) is 2.37. The molecule has 0 unspecified atom stereocenters. The van der Waals surface area contributed by atoms with Crippen LogP contribution in [0.15, 0.2) is 12.3 Å². The first-order chi connectivity index (χ1) is 8.19. The van der Waals surface area contributed by atoms with Gasteiger partial charge in [0, 0.05) is 18.3 Å². The summed E-state index contributed by atoms with van der Waals surface area (Å²) in [4.78, 5) is 8.63. The Labute approximate surface area is 104 Å². The summed E-state index contributed by atoms with van der Waals surface area (Å²) in [7, 11) is 0. The Morgan fingerprint density at radius 2 is 1.76 bits per heavy atom. The summed E-state index contributed by atoms with van der Waals surface area (Å²) in [5.41, 5.74) is 0.151. The molecule has 2 N–H and O–H groups in total. The molecular formula is C13H24N4. The molecule has 0 saturated heterocycles. The molecule has 4 nitrogen and oxygen atoms in total. The zero-order valence-corrected chi connectivity index (χ0v) is 11.4. The van der Waals surface area contributed by atoms with Gasteiger partial charge in [-0.1, -0.05) is 20.8 Å². The SMILES string of the molecule is CCNc1nccc(NC(CC)(CC)CC)n1. The Bertz CT molecular complexity index is 326. The molecule has 17 heavy (non-hydrogen) atoms. The molecule has 0 atom stereocenters. The first-order valence-electron chi connectivity index (χ1n) is 6.54. The monoisotopic (exact) mass is 236 g/mol. The molecule has 0 bridgehead atoms. The van der Waals surface area contributed by atoms with Crippen LogP contribution < -0.4 is 10.6 Å². The van der Waals surface area contributed by atoms with Crippen molar-refractivity contribution in [1.29, 1.82) is 0 Å². The number of hydrogen-bond donors (Lipinski definition) is 2. The molecule has 1 rings (SSSR count). The van der Waals surface area contributed by atoms with Crippen molar-refractivity contribution < 1.29 is 0 Å². The molecule has 0 spiro atoms. The number of rotatable bonds is 7. The quantitative estimate of drug-likeness (QED) is 0.762. The van der Waals surface area contributed by atoms with E-state index in [1.165, 1.54) is 0 Å². The van der Waals surface area contributed by atoms with E-state index in [-0.39, 0.29) is 5.54 Å². The molecule has 1 heterocycles. The van der Waals surface area contributed by atoms with E-state index in [1.54, 1.807) is 6.20 Å². The average molecular weight is 236 g/mol. The van der Waals surface area contributed by atoms with E-state index < -0.39 is 0 Å². The molecule has 96 valence electrons. The van der Waals surface area contributed by atoms with Gasteiger partial charge in [0.25, 0.3) is 0 Å². The smallest absolute Gasteiger partial charge is 0.224 e. The Balaban J connectivity index is 2.82. The number of nitrogens with zero attached hydrogens (tertiary/aromatic N) is 2. The van der Waals surface area contributed by atoms with Gasteiger partial charge in [0.05, 0.1) is 0 Å². The molecule has 0 aliphatic carbocycles. The maximum absolute atomic E-state index is 4.46. The minimum absolute atomic E-state index is 0.151. The molecule has 0 saturated carbocycles. The summed E-state index contributed by atoms with van der Waals surface area (Å²) < 4.78 is 0. The van der Waals surface area contributed by atoms with E-state index in [9.17, 15) is 0 Å². The van der Waals surface area contributed by atoms with Crippen LogP contribution in [-0.2, 0) is 0 Å². The molecule has 0 aliphatic rings. The zero-order chi connectivity index (χ0) is 12.7. The van der Waals surface area contributed by atoms with Crippen molar-refractivity contribution in [3.63, 3.8) is 0 Å². The van der Waals surface area contributed by atoms with Crippen molar-refractivity contribution in [2.24, 2.45) is 0 Å². The zero-order valence-electron chi connectivity index (χ0n) is 11.4. The molecular weight excluding hydrogens is 212 g/mol. The van der Waals surface area contributed by atoms with E-state index in [2.05, 4.69) is 41.4 Å². The Kier molecular flexibility index (Phi) is 5.19. The minimum atomic E-state index is 0.151. The maximum atomic E-state index is 4.46. The van der Waals surface area contributed by atoms with Crippen LogP contribution in [0.25, 0.3) is 0 Å². The molecule has 4 heteroatoms. The second-order valence-electron chi connectivity index (χ2n) is 4.26. The fourth-order valence-corrected chi connectivity index (χ4v) is 1.96. The minimum Gasteiger partial charge on any atom is -0.365 e. The number of nitrogens with one attached hydrogen (secondary N) is 2. The number of anilines is 2. The third-order valence-electron chi connectivity index (χ3n) is 3.41. The van der Waals surface area contributed by atoms with E-state index >= 15 is 0 Å². The van der Waals surface area contributed by atoms with Crippen molar-refractivity contribution >= 4 is 11.8 Å². The van der Waals surface area contributed by atoms with Gasteiger partial charge in [-0.2, -0.15) is 4.98 Å². The molecule has 0 fully saturated rings. The fraction of sp³-hybridized carbons (Fsp3) is 0.692. The summed E-state index contributed by atoms with van der Waals surface area (Å²) in [6, 6.07) is 1.93. The highest BCUT2D eigenvalue weighted by Gasteiger charge is 2.23. The fourth-order valence-electron chi connectivity index (χ4n) is 1.96. The van der Waals surface area contributed by atoms with E-state index in [0.717, 1.165) is 31.6 Å². The lowest BCUT2D eigenvalue weighted by Gasteiger charge is -2.32. The number of hydrogen-bond acceptors (Lipinski definition) is 4. The first-order valence-corrected chi connectivity index (χ1v) is 6.54. The molecule has 0 aromatic carbocycles. The highest BCUT2D eigenvalue weighted by molar-refractivity contribution is 5.41. The van der Waals surface area contributed by atoms with Gasteiger partial charge < -0.3 is 10.6 Å². The van der Waals surface area contributed by atoms with Crippen LogP contribution in [0, 0.1) is 0 Å². The molecule has 1 aromatic heterocycles. The first kappa shape index (κ1) is 13.7. The highest BCUT2D eigenvalue weighted by atomic mass is 15.2. The standard InChI is InChI=1S/C13H24N4/c1-5-13(6-2,7-3)17-11-9-10-15-12(16-11)14-8-4/h9-10H,5-8H2,1-4H3,(H2,14,15,16,17). The lowest BCUT2D eigenvalue weighted by Crippen LogP contribution is -2.36. The highest BCUT2D eigenvalue weighted by Crippen LogP contribution is 2.24. The Morgan fingerprint density at radius 1 is 1.12 bits per heavy atom. The molecule has 0 amide bonds. The summed E-state index contributed by atoms with van der Waals surface area (Å²) in [5, 5.41) is 6.67. The van der Waals surface area contributed by atoms with Gasteiger partial charge in [-0.05, 0) is 32.3 Å². The van der Waals surface area contributed by atoms with Crippen LogP contribution >= 0.6 is 0 Å². The molecule has 1 aromatic rings. The van der Waals surface area contributed by atoms with Gasteiger partial charge in [0.15, 0.2) is 0 Å². The van der Waals surface area contributed by atoms with E-state index in [1.807, 2.05) is 13.0 Å². The van der Waals surface area contributed by atoms with Gasteiger partial charge in [-0.3, -0.25) is 0 Å². The normalized spacial score (nSPS) is 11.3. The summed E-state index contributed by atoms with van der Waals surface area (Å²) in [6.07, 6.45) is 5.08. The van der Waals surface area contributed by atoms with E-state index in [4.69, 9.17) is 0 Å². The van der Waals surface area contributed by atoms with Crippen LogP contribution in [0.2, 0.25) is 0 Å². The predicted octanol–water partition coefficient (Wildman–Crippen LogP) is 3.29. The second-order valence-corrected chi connectivity index (χ2v) is 4.26. The van der Waals surface area contributed by atoms with Crippen molar-refractivity contribution in [1.82, 2.24) is 9.97 Å². The Hall–Kier alpha value is -1.32. The summed E-state index contributed by atoms with van der Waals surface area (Å²) >= 11 is 0. The van der Waals surface area contributed by atoms with Gasteiger partial charge in [0.2, 0.25) is 5.95 Å². The number of aromatic nitrogens is 2. The van der Waals surface area contributed by atoms with Crippen LogP contribution in [0.1, 0.15) is 47.0 Å². The van der Waals surface area contributed by atoms with Crippen LogP contribution in [0.5, 0.6) is 0 Å². The molecule has 0 radical (unpaired) electrons. The summed E-state index contributed by atoms with van der Waals surface area (Å²) in [6.45, 7) is 9.52. The lowest BCUT2D eigenvalue weighted by atomic mass is 9.90. The van der Waals surface area contributed by atoms with Gasteiger partial charge in [-0.25, -0.2) is 4.98 Å². The van der Waals surface area contributed by atoms with Crippen molar-refractivity contribution in [3.8, 4) is 0 Å². The van der Waals surface area contributed by atoms with Crippen LogP contribution in [0.4, 0.5) is 11.8 Å². The van der Waals surface area contributed by atoms with E-state index in [0.29, 0.717) is 5.95 Å². The molecule has 0 aliphatic heterocycles. The van der Waals surface area contributed by atoms with Gasteiger partial charge >= 0.3 is 0 Å². The third-order valence-corrected chi connectivity index (χ3v) is 3.41.